The van der Waals surface area contributed by atoms with Crippen LogP contribution in [0.3, 0.4) is 0 Å². The molecular formula is C10H12ClN3O2S. The highest BCUT2D eigenvalue weighted by Gasteiger charge is 2.39. The van der Waals surface area contributed by atoms with Gasteiger partial charge in [-0.2, -0.15) is 5.26 Å². The summed E-state index contributed by atoms with van der Waals surface area (Å²) in [7, 11) is 0. The molecule has 0 saturated carbocycles. The zero-order valence-electron chi connectivity index (χ0n) is 9.23. The van der Waals surface area contributed by atoms with Gasteiger partial charge in [0.2, 0.25) is 0 Å². The summed E-state index contributed by atoms with van der Waals surface area (Å²) in [5.74, 6) is 0. The van der Waals surface area contributed by atoms with Crippen molar-refractivity contribution in [3.05, 3.63) is 10.0 Å². The Morgan fingerprint density at radius 2 is 2.59 bits per heavy atom. The minimum atomic E-state index is -0.884. The van der Waals surface area contributed by atoms with Gasteiger partial charge in [0, 0.05) is 19.6 Å². The van der Waals surface area contributed by atoms with Crippen molar-refractivity contribution < 1.29 is 9.84 Å². The molecular weight excluding hydrogens is 262 g/mol. The van der Waals surface area contributed by atoms with Crippen molar-refractivity contribution in [3.63, 3.8) is 0 Å². The first-order chi connectivity index (χ1) is 8.05. The maximum absolute atomic E-state index is 10.2. The average molecular weight is 274 g/mol. The number of nitrogens with one attached hydrogen (secondary N) is 1. The number of hydrogen-bond donors (Lipinski definition) is 2. The van der Waals surface area contributed by atoms with Crippen LogP contribution in [0.25, 0.3) is 0 Å². The lowest BCUT2D eigenvalue weighted by Crippen LogP contribution is -2.42. The Balaban J connectivity index is 2.00. The summed E-state index contributed by atoms with van der Waals surface area (Å²) in [6.45, 7) is 2.73. The van der Waals surface area contributed by atoms with E-state index in [1.54, 1.807) is 0 Å². The van der Waals surface area contributed by atoms with Crippen LogP contribution in [-0.4, -0.2) is 34.9 Å². The van der Waals surface area contributed by atoms with Crippen LogP contribution in [0, 0.1) is 11.3 Å². The minimum absolute atomic E-state index is 0.197. The highest BCUT2D eigenvalue weighted by Crippen LogP contribution is 2.29. The summed E-state index contributed by atoms with van der Waals surface area (Å²) in [5, 5.41) is 22.7. The molecule has 17 heavy (non-hydrogen) atoms. The van der Waals surface area contributed by atoms with Gasteiger partial charge >= 0.3 is 0 Å². The fraction of sp³-hybridized carbons (Fsp3) is 0.600. The van der Waals surface area contributed by atoms with E-state index >= 15 is 0 Å². The lowest BCUT2D eigenvalue weighted by atomic mass is 9.97. The number of hydrogen-bond acceptors (Lipinski definition) is 6. The standard InChI is InChI=1S/C10H12ClN3O2S/c1-6-10(15,2-3-16-6)5-13-9-14-8(11)7(4-12)17-9/h6,15H,2-3,5H2,1H3,(H,13,14). The SMILES string of the molecule is CC1OCCC1(O)CNc1nc(Cl)c(C#N)s1. The Morgan fingerprint density at radius 3 is 3.12 bits per heavy atom. The summed E-state index contributed by atoms with van der Waals surface area (Å²) in [4.78, 5) is 4.37. The summed E-state index contributed by atoms with van der Waals surface area (Å²) < 4.78 is 5.32. The molecule has 1 saturated heterocycles. The fourth-order valence-electron chi connectivity index (χ4n) is 1.68. The third-order valence-electron chi connectivity index (χ3n) is 2.89. The smallest absolute Gasteiger partial charge is 0.185 e. The molecule has 1 aliphatic rings. The topological polar surface area (TPSA) is 78.2 Å². The van der Waals surface area contributed by atoms with E-state index in [9.17, 15) is 5.11 Å². The zero-order chi connectivity index (χ0) is 12.5. The van der Waals surface area contributed by atoms with Gasteiger partial charge in [-0.25, -0.2) is 4.98 Å². The van der Waals surface area contributed by atoms with Crippen LogP contribution in [0.5, 0.6) is 0 Å². The Hall–Kier alpha value is -0.870. The predicted molar refractivity (Wildman–Crippen MR) is 65.3 cm³/mol. The van der Waals surface area contributed by atoms with Crippen molar-refractivity contribution >= 4 is 28.1 Å². The molecule has 92 valence electrons. The fourth-order valence-corrected chi connectivity index (χ4v) is 2.62. The summed E-state index contributed by atoms with van der Waals surface area (Å²) >= 11 is 6.93. The van der Waals surface area contributed by atoms with E-state index in [4.69, 9.17) is 21.6 Å². The second kappa shape index (κ2) is 4.78. The highest BCUT2D eigenvalue weighted by atomic mass is 35.5. The second-order valence-electron chi connectivity index (χ2n) is 3.97. The van der Waals surface area contributed by atoms with E-state index in [0.29, 0.717) is 29.6 Å². The summed E-state index contributed by atoms with van der Waals surface area (Å²) in [6.07, 6.45) is 0.381. The highest BCUT2D eigenvalue weighted by molar-refractivity contribution is 7.16. The van der Waals surface area contributed by atoms with Crippen LogP contribution in [0.15, 0.2) is 0 Å². The van der Waals surface area contributed by atoms with Crippen molar-refractivity contribution in [2.75, 3.05) is 18.5 Å². The minimum Gasteiger partial charge on any atom is -0.385 e. The third kappa shape index (κ3) is 2.53. The summed E-state index contributed by atoms with van der Waals surface area (Å²) in [5.41, 5.74) is -0.884. The lowest BCUT2D eigenvalue weighted by Gasteiger charge is -2.25. The molecule has 1 fully saturated rings. The molecule has 2 N–H and O–H groups in total. The van der Waals surface area contributed by atoms with E-state index in [0.717, 1.165) is 0 Å². The molecule has 0 spiro atoms. The summed E-state index contributed by atoms with van der Waals surface area (Å²) in [6, 6.07) is 1.96. The third-order valence-corrected chi connectivity index (χ3v) is 4.20. The normalized spacial score (nSPS) is 28.0. The largest absolute Gasteiger partial charge is 0.385 e. The van der Waals surface area contributed by atoms with Gasteiger partial charge in [-0.15, -0.1) is 0 Å². The number of rotatable bonds is 3. The van der Waals surface area contributed by atoms with Crippen molar-refractivity contribution in [2.45, 2.75) is 25.0 Å². The van der Waals surface area contributed by atoms with E-state index in [1.165, 1.54) is 11.3 Å². The van der Waals surface area contributed by atoms with E-state index in [2.05, 4.69) is 10.3 Å². The average Bonchev–Trinajstić information content (AvgIpc) is 2.81. The van der Waals surface area contributed by atoms with Gasteiger partial charge in [-0.1, -0.05) is 22.9 Å². The Labute approximate surface area is 108 Å². The van der Waals surface area contributed by atoms with Crippen LogP contribution in [0.1, 0.15) is 18.2 Å². The number of anilines is 1. The van der Waals surface area contributed by atoms with Crippen LogP contribution >= 0.6 is 22.9 Å². The Morgan fingerprint density at radius 1 is 1.82 bits per heavy atom. The molecule has 2 rings (SSSR count). The van der Waals surface area contributed by atoms with E-state index < -0.39 is 5.60 Å². The van der Waals surface area contributed by atoms with Gasteiger partial charge in [0.25, 0.3) is 0 Å². The van der Waals surface area contributed by atoms with E-state index in [1.807, 2.05) is 13.0 Å². The molecule has 1 aromatic heterocycles. The number of aliphatic hydroxyl groups is 1. The van der Waals surface area contributed by atoms with Gasteiger partial charge in [-0.05, 0) is 6.92 Å². The maximum Gasteiger partial charge on any atom is 0.185 e. The zero-order valence-corrected chi connectivity index (χ0v) is 10.8. The van der Waals surface area contributed by atoms with Crippen molar-refractivity contribution in [1.29, 1.82) is 5.26 Å². The Kier molecular flexibility index (Phi) is 3.54. The van der Waals surface area contributed by atoms with Gasteiger partial charge in [0.15, 0.2) is 10.3 Å². The molecule has 0 aliphatic carbocycles. The quantitative estimate of drug-likeness (QED) is 0.875. The van der Waals surface area contributed by atoms with Crippen LogP contribution < -0.4 is 5.32 Å². The molecule has 0 radical (unpaired) electrons. The molecule has 2 heterocycles. The lowest BCUT2D eigenvalue weighted by molar-refractivity contribution is -0.0175. The Bertz CT molecular complexity index is 459. The molecule has 0 aromatic carbocycles. The second-order valence-corrected chi connectivity index (χ2v) is 5.33. The molecule has 5 nitrogen and oxygen atoms in total. The number of halogens is 1. The monoisotopic (exact) mass is 273 g/mol. The van der Waals surface area contributed by atoms with Crippen LogP contribution in [0.4, 0.5) is 5.13 Å². The molecule has 0 amide bonds. The van der Waals surface area contributed by atoms with Crippen LogP contribution in [0.2, 0.25) is 5.15 Å². The first kappa shape index (κ1) is 12.6. The van der Waals surface area contributed by atoms with E-state index in [-0.39, 0.29) is 11.3 Å². The maximum atomic E-state index is 10.2. The molecule has 7 heteroatoms. The van der Waals surface area contributed by atoms with Crippen LogP contribution in [-0.2, 0) is 4.74 Å². The predicted octanol–water partition coefficient (Wildman–Crippen LogP) is 1.62. The number of nitriles is 1. The first-order valence-corrected chi connectivity index (χ1v) is 6.39. The van der Waals surface area contributed by atoms with Gasteiger partial charge < -0.3 is 15.2 Å². The van der Waals surface area contributed by atoms with Crippen molar-refractivity contribution in [2.24, 2.45) is 0 Å². The number of thiazole rings is 1. The molecule has 0 bridgehead atoms. The molecule has 1 aromatic rings. The molecule has 1 aliphatic heterocycles. The number of ether oxygens (including phenoxy) is 1. The van der Waals surface area contributed by atoms with Crippen molar-refractivity contribution in [1.82, 2.24) is 4.98 Å². The van der Waals surface area contributed by atoms with Crippen molar-refractivity contribution in [3.8, 4) is 6.07 Å². The number of aromatic nitrogens is 1. The number of nitrogens with zero attached hydrogens (tertiary/aromatic N) is 2. The van der Waals surface area contributed by atoms with Gasteiger partial charge in [-0.3, -0.25) is 0 Å². The molecule has 2 atom stereocenters. The van der Waals surface area contributed by atoms with Gasteiger partial charge in [0.1, 0.15) is 16.5 Å². The first-order valence-electron chi connectivity index (χ1n) is 5.19. The molecule has 2 unspecified atom stereocenters. The van der Waals surface area contributed by atoms with Gasteiger partial charge in [0.05, 0.1) is 6.10 Å².